The van der Waals surface area contributed by atoms with Crippen LogP contribution in [-0.4, -0.2) is 17.0 Å². The molecule has 1 amide bonds. The second kappa shape index (κ2) is 7.81. The van der Waals surface area contributed by atoms with Crippen molar-refractivity contribution in [2.45, 2.75) is 6.18 Å². The summed E-state index contributed by atoms with van der Waals surface area (Å²) in [5, 5.41) is 11.4. The Labute approximate surface area is 171 Å². The first kappa shape index (κ1) is 20.8. The minimum atomic E-state index is -4.52. The Morgan fingerprint density at radius 2 is 1.72 bits per heavy atom. The van der Waals surface area contributed by atoms with E-state index < -0.39 is 23.6 Å². The molecule has 0 bridgehead atoms. The zero-order chi connectivity index (χ0) is 21.3. The van der Waals surface area contributed by atoms with Crippen LogP contribution in [0.2, 0.25) is 10.0 Å². The lowest BCUT2D eigenvalue weighted by Gasteiger charge is -2.09. The number of furan rings is 1. The van der Waals surface area contributed by atoms with Crippen LogP contribution in [0.5, 0.6) is 0 Å². The summed E-state index contributed by atoms with van der Waals surface area (Å²) in [5.74, 6) is -2.24. The van der Waals surface area contributed by atoms with Crippen LogP contribution in [0.4, 0.5) is 18.9 Å². The van der Waals surface area contributed by atoms with Crippen LogP contribution in [0.25, 0.3) is 11.3 Å². The topological polar surface area (TPSA) is 79.5 Å². The number of benzene rings is 2. The lowest BCUT2D eigenvalue weighted by molar-refractivity contribution is -0.137. The maximum atomic E-state index is 12.9. The summed E-state index contributed by atoms with van der Waals surface area (Å²) in [6.45, 7) is 0. The number of hydrogen-bond donors (Lipinski definition) is 2. The van der Waals surface area contributed by atoms with Crippen molar-refractivity contribution in [1.82, 2.24) is 0 Å². The van der Waals surface area contributed by atoms with E-state index in [9.17, 15) is 22.8 Å². The second-order valence-corrected chi connectivity index (χ2v) is 6.63. The van der Waals surface area contributed by atoms with Gasteiger partial charge in [-0.1, -0.05) is 35.3 Å². The molecule has 2 aromatic carbocycles. The molecule has 0 aliphatic heterocycles. The molecule has 150 valence electrons. The molecule has 0 atom stereocenters. The Bertz CT molecular complexity index is 1110. The Kier molecular flexibility index (Phi) is 5.59. The molecule has 1 heterocycles. The molecule has 5 nitrogen and oxygen atoms in total. The van der Waals surface area contributed by atoms with E-state index in [0.717, 1.165) is 18.2 Å². The molecule has 0 spiro atoms. The molecule has 3 aromatic rings. The van der Waals surface area contributed by atoms with Crippen molar-refractivity contribution in [2.24, 2.45) is 0 Å². The number of nitrogens with one attached hydrogen (secondary N) is 1. The van der Waals surface area contributed by atoms with E-state index in [2.05, 4.69) is 5.32 Å². The SMILES string of the molecule is O=C(Nc1cc(C(=O)O)c(Cl)cc1Cl)c1ccc(-c2cccc(C(F)(F)F)c2)o1. The minimum Gasteiger partial charge on any atom is -0.478 e. The maximum absolute atomic E-state index is 12.9. The fraction of sp³-hybridized carbons (Fsp3) is 0.0526. The molecule has 0 aliphatic carbocycles. The van der Waals surface area contributed by atoms with Crippen molar-refractivity contribution in [3.05, 3.63) is 75.5 Å². The van der Waals surface area contributed by atoms with Crippen LogP contribution in [-0.2, 0) is 6.18 Å². The molecule has 0 fully saturated rings. The van der Waals surface area contributed by atoms with Gasteiger partial charge in [0.25, 0.3) is 5.91 Å². The summed E-state index contributed by atoms with van der Waals surface area (Å²) < 4.78 is 43.9. The van der Waals surface area contributed by atoms with Crippen LogP contribution in [0.3, 0.4) is 0 Å². The highest BCUT2D eigenvalue weighted by atomic mass is 35.5. The van der Waals surface area contributed by atoms with Crippen molar-refractivity contribution in [3.8, 4) is 11.3 Å². The summed E-state index contributed by atoms with van der Waals surface area (Å²) in [6, 6.07) is 9.31. The van der Waals surface area contributed by atoms with Gasteiger partial charge in [0.15, 0.2) is 5.76 Å². The van der Waals surface area contributed by atoms with Gasteiger partial charge in [0, 0.05) is 5.56 Å². The molecule has 2 N–H and O–H groups in total. The van der Waals surface area contributed by atoms with Crippen molar-refractivity contribution in [2.75, 3.05) is 5.32 Å². The van der Waals surface area contributed by atoms with Gasteiger partial charge in [-0.15, -0.1) is 0 Å². The van der Waals surface area contributed by atoms with Gasteiger partial charge in [-0.05, 0) is 36.4 Å². The minimum absolute atomic E-state index is 0.00184. The number of alkyl halides is 3. The Morgan fingerprint density at radius 1 is 1.00 bits per heavy atom. The van der Waals surface area contributed by atoms with Gasteiger partial charge in [0.05, 0.1) is 26.9 Å². The Balaban J connectivity index is 1.86. The van der Waals surface area contributed by atoms with E-state index >= 15 is 0 Å². The van der Waals surface area contributed by atoms with Crippen LogP contribution in [0, 0.1) is 0 Å². The summed E-state index contributed by atoms with van der Waals surface area (Å²) in [4.78, 5) is 23.5. The molecule has 0 saturated carbocycles. The fourth-order valence-electron chi connectivity index (χ4n) is 2.46. The molecule has 29 heavy (non-hydrogen) atoms. The number of amides is 1. The monoisotopic (exact) mass is 443 g/mol. The highest BCUT2D eigenvalue weighted by molar-refractivity contribution is 6.38. The molecule has 10 heteroatoms. The van der Waals surface area contributed by atoms with Crippen LogP contribution in [0.1, 0.15) is 26.5 Å². The van der Waals surface area contributed by atoms with Gasteiger partial charge in [-0.2, -0.15) is 13.2 Å². The van der Waals surface area contributed by atoms with Crippen LogP contribution >= 0.6 is 23.2 Å². The van der Waals surface area contributed by atoms with E-state index in [1.54, 1.807) is 0 Å². The average Bonchev–Trinajstić information content (AvgIpc) is 3.13. The van der Waals surface area contributed by atoms with Crippen LogP contribution in [0.15, 0.2) is 52.9 Å². The Hall–Kier alpha value is -2.97. The molecule has 0 radical (unpaired) electrons. The fourth-order valence-corrected chi connectivity index (χ4v) is 2.97. The van der Waals surface area contributed by atoms with Gasteiger partial charge in [0.1, 0.15) is 5.76 Å². The molecule has 0 unspecified atom stereocenters. The highest BCUT2D eigenvalue weighted by Crippen LogP contribution is 2.33. The maximum Gasteiger partial charge on any atom is 0.416 e. The number of carboxylic acids is 1. The first-order valence-corrected chi connectivity index (χ1v) is 8.63. The summed E-state index contributed by atoms with van der Waals surface area (Å²) in [7, 11) is 0. The van der Waals surface area contributed by atoms with E-state index in [1.165, 1.54) is 30.3 Å². The van der Waals surface area contributed by atoms with E-state index in [1.807, 2.05) is 0 Å². The molecule has 3 rings (SSSR count). The lowest BCUT2D eigenvalue weighted by atomic mass is 10.1. The number of carboxylic acid groups (broad SMARTS) is 1. The second-order valence-electron chi connectivity index (χ2n) is 5.81. The van der Waals surface area contributed by atoms with Gasteiger partial charge < -0.3 is 14.8 Å². The predicted molar refractivity (Wildman–Crippen MR) is 101 cm³/mol. The normalized spacial score (nSPS) is 11.3. The number of rotatable bonds is 4. The number of hydrogen-bond acceptors (Lipinski definition) is 3. The summed E-state index contributed by atoms with van der Waals surface area (Å²) in [6.07, 6.45) is -4.52. The summed E-state index contributed by atoms with van der Waals surface area (Å²) in [5.41, 5.74) is -1.01. The number of aromatic carboxylic acids is 1. The van der Waals surface area contributed by atoms with Crippen LogP contribution < -0.4 is 5.32 Å². The number of carbonyl (C=O) groups is 2. The van der Waals surface area contributed by atoms with Gasteiger partial charge in [-0.3, -0.25) is 4.79 Å². The van der Waals surface area contributed by atoms with Crippen molar-refractivity contribution in [3.63, 3.8) is 0 Å². The smallest absolute Gasteiger partial charge is 0.416 e. The highest BCUT2D eigenvalue weighted by Gasteiger charge is 2.30. The molecular weight excluding hydrogens is 434 g/mol. The lowest BCUT2D eigenvalue weighted by Crippen LogP contribution is -2.12. The van der Waals surface area contributed by atoms with E-state index in [4.69, 9.17) is 32.7 Å². The van der Waals surface area contributed by atoms with Crippen molar-refractivity contribution < 1.29 is 32.3 Å². The first-order chi connectivity index (χ1) is 13.6. The average molecular weight is 444 g/mol. The van der Waals surface area contributed by atoms with Crippen molar-refractivity contribution in [1.29, 1.82) is 0 Å². The quantitative estimate of drug-likeness (QED) is 0.501. The third kappa shape index (κ3) is 4.55. The standard InChI is InChI=1S/C19H10Cl2F3NO4/c20-12-8-13(21)14(7-11(12)18(27)28)25-17(26)16-5-4-15(29-16)9-2-1-3-10(6-9)19(22,23)24/h1-8H,(H,25,26)(H,27,28). The molecule has 0 aliphatic rings. The third-order valence-electron chi connectivity index (χ3n) is 3.84. The zero-order valence-corrected chi connectivity index (χ0v) is 15.7. The zero-order valence-electron chi connectivity index (χ0n) is 14.2. The number of halogens is 5. The van der Waals surface area contributed by atoms with E-state index in [-0.39, 0.29) is 38.4 Å². The van der Waals surface area contributed by atoms with Gasteiger partial charge in [-0.25, -0.2) is 4.79 Å². The van der Waals surface area contributed by atoms with E-state index in [0.29, 0.717) is 0 Å². The number of carbonyl (C=O) groups excluding carboxylic acids is 1. The molecular formula is C19H10Cl2F3NO4. The Morgan fingerprint density at radius 3 is 2.38 bits per heavy atom. The summed E-state index contributed by atoms with van der Waals surface area (Å²) >= 11 is 11.8. The van der Waals surface area contributed by atoms with Gasteiger partial charge in [0.2, 0.25) is 0 Å². The molecule has 1 aromatic heterocycles. The molecule has 0 saturated heterocycles. The van der Waals surface area contributed by atoms with Gasteiger partial charge >= 0.3 is 12.1 Å². The predicted octanol–water partition coefficient (Wildman–Crippen LogP) is 6.22. The first-order valence-electron chi connectivity index (χ1n) is 7.87. The number of anilines is 1. The third-order valence-corrected chi connectivity index (χ3v) is 4.46. The van der Waals surface area contributed by atoms with Crippen molar-refractivity contribution >= 4 is 40.8 Å². The largest absolute Gasteiger partial charge is 0.478 e.